The van der Waals surface area contributed by atoms with Crippen LogP contribution in [0.5, 0.6) is 11.5 Å². The fourth-order valence-corrected chi connectivity index (χ4v) is 4.96. The molecule has 0 spiro atoms. The van der Waals surface area contributed by atoms with Gasteiger partial charge in [-0.25, -0.2) is 13.8 Å². The van der Waals surface area contributed by atoms with Crippen LogP contribution in [0.1, 0.15) is 31.9 Å². The van der Waals surface area contributed by atoms with Crippen molar-refractivity contribution < 1.29 is 27.5 Å². The van der Waals surface area contributed by atoms with Crippen molar-refractivity contribution in [2.24, 2.45) is 5.10 Å². The molecule has 2 N–H and O–H groups in total. The van der Waals surface area contributed by atoms with E-state index in [2.05, 4.69) is 15.8 Å². The number of aryl methyl sites for hydroxylation is 1. The molecule has 0 bridgehead atoms. The molecular formula is C29H34N4O6S. The van der Waals surface area contributed by atoms with Crippen LogP contribution in [-0.4, -0.2) is 52.2 Å². The van der Waals surface area contributed by atoms with Crippen molar-refractivity contribution in [2.45, 2.75) is 38.6 Å². The topological polar surface area (TPSA) is 126 Å². The number of hydrogen-bond acceptors (Lipinski definition) is 7. The number of nitrogens with zero attached hydrogens (tertiary/aromatic N) is 2. The number of ether oxygens (including phenoxy) is 2. The maximum absolute atomic E-state index is 13.5. The molecule has 11 heteroatoms. The van der Waals surface area contributed by atoms with Gasteiger partial charge in [0.25, 0.3) is 21.8 Å². The van der Waals surface area contributed by atoms with Crippen molar-refractivity contribution in [3.8, 4) is 11.5 Å². The van der Waals surface area contributed by atoms with E-state index in [1.807, 2.05) is 27.7 Å². The summed E-state index contributed by atoms with van der Waals surface area (Å²) in [6.07, 6.45) is 1.42. The fourth-order valence-electron chi connectivity index (χ4n) is 3.54. The molecule has 0 fully saturated rings. The van der Waals surface area contributed by atoms with Gasteiger partial charge in [-0.3, -0.25) is 13.9 Å². The lowest BCUT2D eigenvalue weighted by Gasteiger charge is -2.24. The van der Waals surface area contributed by atoms with Gasteiger partial charge in [-0.2, -0.15) is 5.10 Å². The van der Waals surface area contributed by atoms with Gasteiger partial charge in [-0.15, -0.1) is 0 Å². The smallest absolute Gasteiger partial charge is 0.264 e. The number of sulfonamides is 1. The molecule has 0 aliphatic carbocycles. The Hall–Kier alpha value is -4.38. The summed E-state index contributed by atoms with van der Waals surface area (Å²) >= 11 is 0. The maximum atomic E-state index is 13.5. The molecule has 0 heterocycles. The summed E-state index contributed by atoms with van der Waals surface area (Å²) in [5, 5.41) is 6.70. The Morgan fingerprint density at radius 1 is 0.900 bits per heavy atom. The summed E-state index contributed by atoms with van der Waals surface area (Å²) in [7, 11) is -4.07. The van der Waals surface area contributed by atoms with Crippen molar-refractivity contribution in [3.05, 3.63) is 83.9 Å². The highest BCUT2D eigenvalue weighted by molar-refractivity contribution is 7.92. The van der Waals surface area contributed by atoms with Crippen molar-refractivity contribution in [1.29, 1.82) is 0 Å². The number of hydrazone groups is 1. The highest BCUT2D eigenvalue weighted by Crippen LogP contribution is 2.25. The van der Waals surface area contributed by atoms with Gasteiger partial charge < -0.3 is 14.8 Å². The molecule has 0 saturated heterocycles. The summed E-state index contributed by atoms with van der Waals surface area (Å²) in [6.45, 7) is 7.33. The fraction of sp³-hybridized carbons (Fsp3) is 0.276. The van der Waals surface area contributed by atoms with Gasteiger partial charge in [-0.05, 0) is 93.9 Å². The number of benzene rings is 3. The number of hydrogen-bond donors (Lipinski definition) is 2. The third-order valence-electron chi connectivity index (χ3n) is 5.43. The molecule has 212 valence electrons. The van der Waals surface area contributed by atoms with E-state index in [1.54, 1.807) is 60.7 Å². The van der Waals surface area contributed by atoms with Crippen LogP contribution in [0.3, 0.4) is 0 Å². The Morgan fingerprint density at radius 3 is 2.10 bits per heavy atom. The Bertz CT molecular complexity index is 1400. The number of nitrogens with one attached hydrogen (secondary N) is 2. The van der Waals surface area contributed by atoms with Crippen LogP contribution in [0.4, 0.5) is 5.69 Å². The van der Waals surface area contributed by atoms with Crippen LogP contribution in [0.15, 0.2) is 82.8 Å². The first-order valence-corrected chi connectivity index (χ1v) is 14.2. The Labute approximate surface area is 235 Å². The highest BCUT2D eigenvalue weighted by Gasteiger charge is 2.27. The Balaban J connectivity index is 1.67. The third kappa shape index (κ3) is 8.84. The Morgan fingerprint density at radius 2 is 1.50 bits per heavy atom. The molecule has 40 heavy (non-hydrogen) atoms. The maximum Gasteiger partial charge on any atom is 0.264 e. The van der Waals surface area contributed by atoms with Crippen molar-refractivity contribution >= 4 is 33.7 Å². The van der Waals surface area contributed by atoms with Crippen LogP contribution in [0, 0.1) is 6.92 Å². The van der Waals surface area contributed by atoms with Gasteiger partial charge in [0, 0.05) is 6.04 Å². The zero-order chi connectivity index (χ0) is 29.1. The van der Waals surface area contributed by atoms with E-state index in [9.17, 15) is 18.0 Å². The molecule has 3 rings (SSSR count). The van der Waals surface area contributed by atoms with E-state index in [1.165, 1.54) is 18.3 Å². The minimum atomic E-state index is -4.07. The van der Waals surface area contributed by atoms with Gasteiger partial charge in [0.2, 0.25) is 0 Å². The highest BCUT2D eigenvalue weighted by atomic mass is 32.2. The summed E-state index contributed by atoms with van der Waals surface area (Å²) < 4.78 is 38.9. The van der Waals surface area contributed by atoms with Crippen LogP contribution in [0.25, 0.3) is 0 Å². The Kier molecular flexibility index (Phi) is 10.7. The second-order valence-corrected chi connectivity index (χ2v) is 11.0. The third-order valence-corrected chi connectivity index (χ3v) is 7.22. The van der Waals surface area contributed by atoms with Gasteiger partial charge in [0.05, 0.1) is 23.4 Å². The summed E-state index contributed by atoms with van der Waals surface area (Å²) in [5.41, 5.74) is 4.34. The van der Waals surface area contributed by atoms with E-state index in [0.29, 0.717) is 29.4 Å². The number of amides is 2. The second-order valence-electron chi connectivity index (χ2n) is 9.12. The first kappa shape index (κ1) is 30.2. The molecule has 3 aromatic carbocycles. The standard InChI is InChI=1S/C29H34N4O6S/c1-5-38-25-14-16-27(17-15-25)40(36,37)33(24-10-6-22(4)7-11-24)19-28(34)32-30-18-23-8-12-26(13-9-23)39-20-29(35)31-21(2)3/h6-18,21H,5,19-20H2,1-4H3,(H,31,35)(H,32,34)/b30-18-. The van der Waals surface area contributed by atoms with Crippen LogP contribution >= 0.6 is 0 Å². The SMILES string of the molecule is CCOc1ccc(S(=O)(=O)N(CC(=O)N/N=C\c2ccc(OCC(=O)NC(C)C)cc2)c2ccc(C)cc2)cc1. The predicted octanol–water partition coefficient (Wildman–Crippen LogP) is 3.64. The van der Waals surface area contributed by atoms with E-state index in [-0.39, 0.29) is 23.5 Å². The summed E-state index contributed by atoms with van der Waals surface area (Å²) in [6, 6.07) is 19.7. The van der Waals surface area contributed by atoms with Gasteiger partial charge in [0.1, 0.15) is 18.0 Å². The van der Waals surface area contributed by atoms with Crippen LogP contribution in [0.2, 0.25) is 0 Å². The van der Waals surface area contributed by atoms with Gasteiger partial charge in [-0.1, -0.05) is 17.7 Å². The molecule has 0 aliphatic rings. The molecule has 0 aliphatic heterocycles. The van der Waals surface area contributed by atoms with Crippen LogP contribution < -0.4 is 24.5 Å². The number of carbonyl (C=O) groups excluding carboxylic acids is 2. The molecule has 0 unspecified atom stereocenters. The van der Waals surface area contributed by atoms with E-state index >= 15 is 0 Å². The minimum absolute atomic E-state index is 0.0248. The normalized spacial score (nSPS) is 11.3. The lowest BCUT2D eigenvalue weighted by atomic mass is 10.2. The number of anilines is 1. The summed E-state index contributed by atoms with van der Waals surface area (Å²) in [5.74, 6) is 0.218. The molecule has 0 saturated carbocycles. The summed E-state index contributed by atoms with van der Waals surface area (Å²) in [4.78, 5) is 24.5. The predicted molar refractivity (Wildman–Crippen MR) is 154 cm³/mol. The molecule has 0 atom stereocenters. The van der Waals surface area contributed by atoms with E-state index in [0.717, 1.165) is 9.87 Å². The average Bonchev–Trinajstić information content (AvgIpc) is 2.92. The largest absolute Gasteiger partial charge is 0.494 e. The molecular weight excluding hydrogens is 532 g/mol. The van der Waals surface area contributed by atoms with Crippen molar-refractivity contribution in [3.63, 3.8) is 0 Å². The second kappa shape index (κ2) is 14.1. The minimum Gasteiger partial charge on any atom is -0.494 e. The zero-order valence-corrected chi connectivity index (χ0v) is 23.8. The monoisotopic (exact) mass is 566 g/mol. The first-order chi connectivity index (χ1) is 19.1. The van der Waals surface area contributed by atoms with Crippen LogP contribution in [-0.2, 0) is 19.6 Å². The quantitative estimate of drug-likeness (QED) is 0.240. The van der Waals surface area contributed by atoms with E-state index < -0.39 is 22.5 Å². The van der Waals surface area contributed by atoms with E-state index in [4.69, 9.17) is 9.47 Å². The lowest BCUT2D eigenvalue weighted by Crippen LogP contribution is -2.39. The van der Waals surface area contributed by atoms with Gasteiger partial charge in [0.15, 0.2) is 6.61 Å². The lowest BCUT2D eigenvalue weighted by molar-refractivity contribution is -0.123. The number of rotatable bonds is 13. The first-order valence-electron chi connectivity index (χ1n) is 12.7. The molecule has 10 nitrogen and oxygen atoms in total. The molecule has 3 aromatic rings. The zero-order valence-electron chi connectivity index (χ0n) is 23.0. The van der Waals surface area contributed by atoms with Crippen molar-refractivity contribution in [1.82, 2.24) is 10.7 Å². The molecule has 0 radical (unpaired) electrons. The number of carbonyl (C=O) groups is 2. The van der Waals surface area contributed by atoms with Gasteiger partial charge >= 0.3 is 0 Å². The molecule has 0 aromatic heterocycles. The van der Waals surface area contributed by atoms with Crippen molar-refractivity contribution in [2.75, 3.05) is 24.1 Å². The average molecular weight is 567 g/mol. The molecule has 2 amide bonds.